The fraction of sp³-hybridized carbons (Fsp3) is 0.632. The van der Waals surface area contributed by atoms with Gasteiger partial charge in [-0.3, -0.25) is 9.69 Å². The number of carbonyl (C=O) groups excluding carboxylic acids is 1. The van der Waals surface area contributed by atoms with Crippen molar-refractivity contribution in [2.75, 3.05) is 19.6 Å². The summed E-state index contributed by atoms with van der Waals surface area (Å²) >= 11 is 0. The van der Waals surface area contributed by atoms with Crippen LogP contribution in [0.15, 0.2) is 30.3 Å². The normalized spacial score (nSPS) is 17.1. The van der Waals surface area contributed by atoms with Crippen molar-refractivity contribution in [2.24, 2.45) is 0 Å². The second-order valence-corrected chi connectivity index (χ2v) is 6.35. The summed E-state index contributed by atoms with van der Waals surface area (Å²) in [4.78, 5) is 14.5. The third-order valence-electron chi connectivity index (χ3n) is 4.51. The van der Waals surface area contributed by atoms with Gasteiger partial charge >= 0.3 is 0 Å². The first-order valence-electron chi connectivity index (χ1n) is 8.84. The average molecular weight is 302 g/mol. The number of amides is 1. The minimum Gasteiger partial charge on any atom is -0.355 e. The van der Waals surface area contributed by atoms with Gasteiger partial charge in [-0.05, 0) is 44.3 Å². The van der Waals surface area contributed by atoms with Gasteiger partial charge in [0.2, 0.25) is 5.91 Å². The Labute approximate surface area is 135 Å². The van der Waals surface area contributed by atoms with Crippen LogP contribution < -0.4 is 5.32 Å². The van der Waals surface area contributed by atoms with Gasteiger partial charge in [0.15, 0.2) is 0 Å². The van der Waals surface area contributed by atoms with Crippen LogP contribution in [0.5, 0.6) is 0 Å². The molecular formula is C19H30N2O. The first-order valence-corrected chi connectivity index (χ1v) is 8.84. The zero-order chi connectivity index (χ0) is 15.6. The van der Waals surface area contributed by atoms with E-state index in [1.54, 1.807) is 0 Å². The van der Waals surface area contributed by atoms with Gasteiger partial charge in [0.05, 0.1) is 0 Å². The number of likely N-dealkylation sites (tertiary alicyclic amines) is 1. The first kappa shape index (κ1) is 17.0. The molecule has 1 unspecified atom stereocenters. The number of piperidine rings is 1. The average Bonchev–Trinajstić information content (AvgIpc) is 2.58. The summed E-state index contributed by atoms with van der Waals surface area (Å²) in [7, 11) is 0. The van der Waals surface area contributed by atoms with Gasteiger partial charge in [-0.25, -0.2) is 0 Å². The van der Waals surface area contributed by atoms with Crippen molar-refractivity contribution in [1.29, 1.82) is 0 Å². The summed E-state index contributed by atoms with van der Waals surface area (Å²) < 4.78 is 0. The largest absolute Gasteiger partial charge is 0.355 e. The fourth-order valence-corrected chi connectivity index (χ4v) is 3.16. The van der Waals surface area contributed by atoms with Gasteiger partial charge in [-0.2, -0.15) is 0 Å². The molecule has 1 amide bonds. The van der Waals surface area contributed by atoms with Crippen LogP contribution in [0.25, 0.3) is 0 Å². The molecule has 1 aliphatic rings. The Hall–Kier alpha value is -1.35. The van der Waals surface area contributed by atoms with Crippen molar-refractivity contribution in [3.63, 3.8) is 0 Å². The minimum atomic E-state index is 0.205. The van der Waals surface area contributed by atoms with Crippen molar-refractivity contribution in [3.8, 4) is 0 Å². The highest BCUT2D eigenvalue weighted by Crippen LogP contribution is 2.15. The van der Waals surface area contributed by atoms with Gasteiger partial charge in [-0.1, -0.05) is 50.1 Å². The summed E-state index contributed by atoms with van der Waals surface area (Å²) in [6.45, 7) is 5.24. The van der Waals surface area contributed by atoms with E-state index < -0.39 is 0 Å². The van der Waals surface area contributed by atoms with Crippen molar-refractivity contribution in [3.05, 3.63) is 35.9 Å². The minimum absolute atomic E-state index is 0.205. The lowest BCUT2D eigenvalue weighted by molar-refractivity contribution is -0.121. The molecule has 3 heteroatoms. The Balaban J connectivity index is 1.90. The van der Waals surface area contributed by atoms with Crippen molar-refractivity contribution in [1.82, 2.24) is 10.2 Å². The molecule has 0 spiro atoms. The second kappa shape index (κ2) is 9.62. The molecule has 0 saturated carbocycles. The maximum Gasteiger partial charge on any atom is 0.220 e. The first-order chi connectivity index (χ1) is 10.8. The molecule has 1 aromatic rings. The molecule has 1 heterocycles. The highest BCUT2D eigenvalue weighted by molar-refractivity contribution is 5.75. The number of carbonyl (C=O) groups is 1. The molecule has 0 bridgehead atoms. The van der Waals surface area contributed by atoms with E-state index in [0.717, 1.165) is 25.8 Å². The van der Waals surface area contributed by atoms with E-state index in [9.17, 15) is 4.79 Å². The van der Waals surface area contributed by atoms with E-state index >= 15 is 0 Å². The van der Waals surface area contributed by atoms with Crippen LogP contribution in [0, 0.1) is 0 Å². The predicted octanol–water partition coefficient (Wildman–Crippen LogP) is 3.39. The summed E-state index contributed by atoms with van der Waals surface area (Å²) in [5, 5.41) is 3.15. The third-order valence-corrected chi connectivity index (χ3v) is 4.51. The third kappa shape index (κ3) is 5.80. The van der Waals surface area contributed by atoms with Gasteiger partial charge in [0.25, 0.3) is 0 Å². The standard InChI is InChI=1S/C19H30N2O/c1-2-3-12-19(22)20-16-18(21-13-8-5-9-14-21)15-17-10-6-4-7-11-17/h4,6-7,10-11,18H,2-3,5,8-9,12-16H2,1H3,(H,20,22). The highest BCUT2D eigenvalue weighted by Gasteiger charge is 2.21. The topological polar surface area (TPSA) is 32.3 Å². The molecule has 1 fully saturated rings. The summed E-state index contributed by atoms with van der Waals surface area (Å²) in [6, 6.07) is 11.1. The van der Waals surface area contributed by atoms with Gasteiger partial charge in [-0.15, -0.1) is 0 Å². The second-order valence-electron chi connectivity index (χ2n) is 6.35. The quantitative estimate of drug-likeness (QED) is 0.798. The smallest absolute Gasteiger partial charge is 0.220 e. The summed E-state index contributed by atoms with van der Waals surface area (Å²) in [5.41, 5.74) is 1.36. The number of nitrogens with zero attached hydrogens (tertiary/aromatic N) is 1. The SMILES string of the molecule is CCCCC(=O)NCC(Cc1ccccc1)N1CCCCC1. The summed E-state index contributed by atoms with van der Waals surface area (Å²) in [6.07, 6.45) is 7.66. The molecule has 1 atom stereocenters. The predicted molar refractivity (Wildman–Crippen MR) is 91.9 cm³/mol. The summed E-state index contributed by atoms with van der Waals surface area (Å²) in [5.74, 6) is 0.205. The van der Waals surface area contributed by atoms with Crippen LogP contribution in [0.1, 0.15) is 51.0 Å². The lowest BCUT2D eigenvalue weighted by atomic mass is 10.0. The number of rotatable bonds is 8. The lowest BCUT2D eigenvalue weighted by Crippen LogP contribution is -2.47. The molecule has 122 valence electrons. The van der Waals surface area contributed by atoms with Gasteiger partial charge in [0.1, 0.15) is 0 Å². The van der Waals surface area contributed by atoms with E-state index in [2.05, 4.69) is 47.5 Å². The maximum absolute atomic E-state index is 11.9. The number of hydrogen-bond donors (Lipinski definition) is 1. The van der Waals surface area contributed by atoms with Gasteiger partial charge < -0.3 is 5.32 Å². The lowest BCUT2D eigenvalue weighted by Gasteiger charge is -2.35. The zero-order valence-corrected chi connectivity index (χ0v) is 13.9. The Morgan fingerprint density at radius 3 is 2.59 bits per heavy atom. The van der Waals surface area contributed by atoms with E-state index in [-0.39, 0.29) is 5.91 Å². The molecular weight excluding hydrogens is 272 g/mol. The molecule has 1 aromatic carbocycles. The number of hydrogen-bond acceptors (Lipinski definition) is 2. The monoisotopic (exact) mass is 302 g/mol. The molecule has 2 rings (SSSR count). The molecule has 22 heavy (non-hydrogen) atoms. The highest BCUT2D eigenvalue weighted by atomic mass is 16.1. The van der Waals surface area contributed by atoms with Gasteiger partial charge in [0, 0.05) is 19.0 Å². The Bertz CT molecular complexity index is 426. The van der Waals surface area contributed by atoms with Crippen LogP contribution in [0.2, 0.25) is 0 Å². The number of nitrogens with one attached hydrogen (secondary N) is 1. The Morgan fingerprint density at radius 1 is 1.18 bits per heavy atom. The zero-order valence-electron chi connectivity index (χ0n) is 13.9. The van der Waals surface area contributed by atoms with Crippen molar-refractivity contribution < 1.29 is 4.79 Å². The van der Waals surface area contributed by atoms with E-state index in [4.69, 9.17) is 0 Å². The van der Waals surface area contributed by atoms with Crippen LogP contribution in [0.4, 0.5) is 0 Å². The number of unbranched alkanes of at least 4 members (excludes halogenated alkanes) is 1. The van der Waals surface area contributed by atoms with E-state index in [1.807, 2.05) is 0 Å². The molecule has 1 N–H and O–H groups in total. The Morgan fingerprint density at radius 2 is 1.91 bits per heavy atom. The molecule has 0 radical (unpaired) electrons. The molecule has 0 aromatic heterocycles. The van der Waals surface area contributed by atoms with Crippen LogP contribution in [-0.2, 0) is 11.2 Å². The number of benzene rings is 1. The molecule has 3 nitrogen and oxygen atoms in total. The van der Waals surface area contributed by atoms with Crippen LogP contribution >= 0.6 is 0 Å². The van der Waals surface area contributed by atoms with Crippen LogP contribution in [0.3, 0.4) is 0 Å². The maximum atomic E-state index is 11.9. The molecule has 1 aliphatic heterocycles. The molecule has 1 saturated heterocycles. The fourth-order valence-electron chi connectivity index (χ4n) is 3.16. The van der Waals surface area contributed by atoms with Crippen molar-refractivity contribution in [2.45, 2.75) is 57.9 Å². The van der Waals surface area contributed by atoms with E-state index in [0.29, 0.717) is 12.5 Å². The Kier molecular flexibility index (Phi) is 7.44. The van der Waals surface area contributed by atoms with E-state index in [1.165, 1.54) is 37.9 Å². The molecule has 0 aliphatic carbocycles. The van der Waals surface area contributed by atoms with Crippen molar-refractivity contribution >= 4 is 5.91 Å². The van der Waals surface area contributed by atoms with Crippen LogP contribution in [-0.4, -0.2) is 36.5 Å².